The summed E-state index contributed by atoms with van der Waals surface area (Å²) >= 11 is 0. The number of aliphatic hydroxyl groups is 1. The molecule has 3 fully saturated rings. The van der Waals surface area contributed by atoms with Gasteiger partial charge in [-0.1, -0.05) is 23.8 Å². The molecule has 3 aliphatic carbocycles. The number of hydrogen-bond donors (Lipinski definition) is 1. The highest BCUT2D eigenvalue weighted by molar-refractivity contribution is 6.01. The topological polar surface area (TPSA) is 66.8 Å². The second kappa shape index (κ2) is 6.64. The Morgan fingerprint density at radius 1 is 1.34 bits per heavy atom. The van der Waals surface area contributed by atoms with E-state index in [4.69, 9.17) is 4.74 Å². The quantitative estimate of drug-likeness (QED) is 0.625. The third-order valence-corrected chi connectivity index (χ3v) is 7.98. The van der Waals surface area contributed by atoms with Crippen molar-refractivity contribution >= 4 is 11.8 Å². The molecule has 0 radical (unpaired) electrons. The van der Waals surface area contributed by atoms with Gasteiger partial charge in [-0.05, 0) is 69.5 Å². The Balaban J connectivity index is 1.60. The molecule has 1 aliphatic heterocycles. The number of nitrogens with zero attached hydrogens (tertiary/aromatic N) is 1. The Kier molecular flexibility index (Phi) is 4.41. The van der Waals surface area contributed by atoms with Crippen LogP contribution in [0, 0.1) is 18.8 Å². The Morgan fingerprint density at radius 2 is 2.14 bits per heavy atom. The number of esters is 1. The van der Waals surface area contributed by atoms with Gasteiger partial charge in [-0.3, -0.25) is 14.5 Å². The van der Waals surface area contributed by atoms with Crippen LogP contribution in [-0.4, -0.2) is 53.1 Å². The number of fused-ring (bicyclic) bond motifs is 1. The van der Waals surface area contributed by atoms with Gasteiger partial charge in [-0.2, -0.15) is 0 Å². The molecule has 1 saturated heterocycles. The van der Waals surface area contributed by atoms with Crippen molar-refractivity contribution in [3.05, 3.63) is 34.9 Å². The monoisotopic (exact) mass is 397 g/mol. The fourth-order valence-corrected chi connectivity index (χ4v) is 6.34. The molecule has 0 unspecified atom stereocenters. The molecule has 29 heavy (non-hydrogen) atoms. The standard InChI is InChI=1S/C24H31NO4/c1-3-29-22(27)18-12-24(28)21-11-17-7-4-15(2)10-19(17)23(24,13-20(18)26)8-9-25(21)14-16-5-6-16/h4,7,10,16,18,21,28H,3,5-6,8-9,11-14H2,1-2H3/t18-,21+,23+,24+/m0/s1. The number of hydrogen-bond acceptors (Lipinski definition) is 5. The van der Waals surface area contributed by atoms with E-state index in [1.807, 2.05) is 0 Å². The number of piperidine rings is 1. The van der Waals surface area contributed by atoms with Gasteiger partial charge in [0.2, 0.25) is 0 Å². The van der Waals surface area contributed by atoms with E-state index >= 15 is 0 Å². The summed E-state index contributed by atoms with van der Waals surface area (Å²) in [5, 5.41) is 12.3. The maximum Gasteiger partial charge on any atom is 0.316 e. The van der Waals surface area contributed by atoms with Crippen molar-refractivity contribution in [2.24, 2.45) is 11.8 Å². The molecule has 2 bridgehead atoms. The molecule has 156 valence electrons. The number of carbonyl (C=O) groups is 2. The summed E-state index contributed by atoms with van der Waals surface area (Å²) in [6, 6.07) is 6.44. The van der Waals surface area contributed by atoms with Crippen LogP contribution in [0.5, 0.6) is 0 Å². The third-order valence-electron chi connectivity index (χ3n) is 7.98. The maximum absolute atomic E-state index is 13.1. The lowest BCUT2D eigenvalue weighted by Gasteiger charge is -2.64. The van der Waals surface area contributed by atoms with Crippen LogP contribution in [0.3, 0.4) is 0 Å². The minimum absolute atomic E-state index is 0.0444. The highest BCUT2D eigenvalue weighted by Crippen LogP contribution is 2.59. The van der Waals surface area contributed by atoms with Crippen molar-refractivity contribution in [1.82, 2.24) is 4.90 Å². The number of ketones is 1. The van der Waals surface area contributed by atoms with E-state index in [1.165, 1.54) is 18.4 Å². The van der Waals surface area contributed by atoms with Crippen molar-refractivity contribution in [2.45, 2.75) is 69.4 Å². The van der Waals surface area contributed by atoms with Crippen molar-refractivity contribution in [3.8, 4) is 0 Å². The van der Waals surface area contributed by atoms with Crippen LogP contribution in [0.2, 0.25) is 0 Å². The number of Topliss-reactive ketones (excluding diaryl/α,β-unsaturated/α-hetero) is 1. The lowest BCUT2D eigenvalue weighted by molar-refractivity contribution is -0.189. The lowest BCUT2D eigenvalue weighted by Crippen LogP contribution is -2.74. The normalized spacial score (nSPS) is 36.3. The molecule has 5 heteroatoms. The van der Waals surface area contributed by atoms with Crippen LogP contribution < -0.4 is 0 Å². The zero-order chi connectivity index (χ0) is 20.4. The smallest absolute Gasteiger partial charge is 0.316 e. The van der Waals surface area contributed by atoms with E-state index in [2.05, 4.69) is 30.0 Å². The van der Waals surface area contributed by atoms with Crippen LogP contribution in [0.15, 0.2) is 18.2 Å². The van der Waals surface area contributed by atoms with Gasteiger partial charge in [-0.25, -0.2) is 0 Å². The van der Waals surface area contributed by atoms with Crippen molar-refractivity contribution in [3.63, 3.8) is 0 Å². The summed E-state index contributed by atoms with van der Waals surface area (Å²) in [4.78, 5) is 28.1. The first-order chi connectivity index (χ1) is 13.9. The van der Waals surface area contributed by atoms with Crippen molar-refractivity contribution < 1.29 is 19.4 Å². The molecular formula is C24H31NO4. The van der Waals surface area contributed by atoms with Gasteiger partial charge in [0.05, 0.1) is 12.2 Å². The van der Waals surface area contributed by atoms with Gasteiger partial charge in [-0.15, -0.1) is 0 Å². The molecule has 1 heterocycles. The molecule has 0 spiro atoms. The van der Waals surface area contributed by atoms with Crippen molar-refractivity contribution in [1.29, 1.82) is 0 Å². The molecule has 1 N–H and O–H groups in total. The number of aryl methyl sites for hydroxylation is 1. The molecular weight excluding hydrogens is 366 g/mol. The van der Waals surface area contributed by atoms with E-state index in [0.29, 0.717) is 0 Å². The SMILES string of the molecule is CCOC(=O)[C@H]1C[C@@]2(O)[C@H]3Cc4ccc(C)cc4[C@@]2(CCN3CC2CC2)CC1=O. The van der Waals surface area contributed by atoms with Gasteiger partial charge in [0.15, 0.2) is 0 Å². The summed E-state index contributed by atoms with van der Waals surface area (Å²) in [6.07, 6.45) is 4.51. The molecule has 4 atom stereocenters. The first kappa shape index (κ1) is 19.3. The van der Waals surface area contributed by atoms with Crippen LogP contribution in [0.4, 0.5) is 0 Å². The molecule has 0 aromatic heterocycles. The molecule has 2 saturated carbocycles. The van der Waals surface area contributed by atoms with Gasteiger partial charge in [0.25, 0.3) is 0 Å². The van der Waals surface area contributed by atoms with E-state index < -0.39 is 22.9 Å². The maximum atomic E-state index is 13.1. The van der Waals surface area contributed by atoms with Crippen LogP contribution in [-0.2, 0) is 26.2 Å². The number of rotatable bonds is 4. The summed E-state index contributed by atoms with van der Waals surface area (Å²) in [6.45, 7) is 6.01. The lowest BCUT2D eigenvalue weighted by atomic mass is 9.48. The predicted molar refractivity (Wildman–Crippen MR) is 109 cm³/mol. The number of ether oxygens (including phenoxy) is 1. The summed E-state index contributed by atoms with van der Waals surface area (Å²) in [7, 11) is 0. The highest BCUT2D eigenvalue weighted by Gasteiger charge is 2.67. The van der Waals surface area contributed by atoms with Crippen molar-refractivity contribution in [2.75, 3.05) is 19.7 Å². The minimum atomic E-state index is -1.08. The fourth-order valence-electron chi connectivity index (χ4n) is 6.34. The number of likely N-dealkylation sites (tertiary alicyclic amines) is 1. The molecule has 1 aromatic carbocycles. The average Bonchev–Trinajstić information content (AvgIpc) is 3.49. The summed E-state index contributed by atoms with van der Waals surface area (Å²) < 4.78 is 5.20. The van der Waals surface area contributed by atoms with Crippen LogP contribution in [0.1, 0.15) is 55.7 Å². The van der Waals surface area contributed by atoms with Gasteiger partial charge in [0.1, 0.15) is 11.7 Å². The predicted octanol–water partition coefficient (Wildman–Crippen LogP) is 2.55. The Hall–Kier alpha value is -1.72. The van der Waals surface area contributed by atoms with Gasteiger partial charge in [0, 0.05) is 24.4 Å². The third kappa shape index (κ3) is 2.81. The summed E-state index contributed by atoms with van der Waals surface area (Å²) in [5.41, 5.74) is 1.88. The number of benzene rings is 1. The minimum Gasteiger partial charge on any atom is -0.465 e. The van der Waals surface area contributed by atoms with Crippen LogP contribution in [0.25, 0.3) is 0 Å². The second-order valence-electron chi connectivity index (χ2n) is 9.73. The molecule has 4 aliphatic rings. The van der Waals surface area contributed by atoms with E-state index in [-0.39, 0.29) is 31.3 Å². The largest absolute Gasteiger partial charge is 0.465 e. The molecule has 0 amide bonds. The van der Waals surface area contributed by atoms with Crippen LogP contribution >= 0.6 is 0 Å². The first-order valence-electron chi connectivity index (χ1n) is 11.1. The summed E-state index contributed by atoms with van der Waals surface area (Å²) in [5.74, 6) is -0.654. The zero-order valence-electron chi connectivity index (χ0n) is 17.4. The molecule has 5 nitrogen and oxygen atoms in total. The first-order valence-corrected chi connectivity index (χ1v) is 11.1. The van der Waals surface area contributed by atoms with Gasteiger partial charge >= 0.3 is 5.97 Å². The van der Waals surface area contributed by atoms with Gasteiger partial charge < -0.3 is 9.84 Å². The zero-order valence-corrected chi connectivity index (χ0v) is 17.4. The second-order valence-corrected chi connectivity index (χ2v) is 9.73. The highest BCUT2D eigenvalue weighted by atomic mass is 16.5. The van der Waals surface area contributed by atoms with E-state index in [9.17, 15) is 14.7 Å². The Morgan fingerprint density at radius 3 is 2.86 bits per heavy atom. The van der Waals surface area contributed by atoms with E-state index in [0.717, 1.165) is 43.0 Å². The van der Waals surface area contributed by atoms with E-state index in [1.54, 1.807) is 6.92 Å². The molecule has 1 aromatic rings. The number of carbonyl (C=O) groups excluding carboxylic acids is 2. The fraction of sp³-hybridized carbons (Fsp3) is 0.667. The Bertz CT molecular complexity index is 862. The average molecular weight is 398 g/mol. The molecule has 5 rings (SSSR count). The Labute approximate surface area is 172 Å².